The molecule has 2 heteroatoms. The first-order chi connectivity index (χ1) is 9.21. The number of hydrogen-bond acceptors (Lipinski definition) is 2. The zero-order valence-electron chi connectivity index (χ0n) is 12.8. The van der Waals surface area contributed by atoms with Crippen molar-refractivity contribution in [1.82, 2.24) is 5.32 Å². The van der Waals surface area contributed by atoms with Crippen LogP contribution in [0.25, 0.3) is 0 Å². The molecule has 0 aromatic heterocycles. The lowest BCUT2D eigenvalue weighted by Gasteiger charge is -2.36. The number of nitrogens with one attached hydrogen (secondary N) is 1. The van der Waals surface area contributed by atoms with Gasteiger partial charge in [-0.3, -0.25) is 0 Å². The Balaban J connectivity index is 1.51. The minimum Gasteiger partial charge on any atom is -0.383 e. The monoisotopic (exact) mass is 265 g/mol. The molecule has 4 atom stereocenters. The van der Waals surface area contributed by atoms with Crippen molar-refractivity contribution in [3.8, 4) is 0 Å². The van der Waals surface area contributed by atoms with Crippen molar-refractivity contribution < 1.29 is 4.74 Å². The van der Waals surface area contributed by atoms with Crippen molar-refractivity contribution >= 4 is 0 Å². The predicted molar refractivity (Wildman–Crippen MR) is 79.1 cm³/mol. The van der Waals surface area contributed by atoms with Crippen molar-refractivity contribution in [2.24, 2.45) is 29.1 Å². The molecule has 3 rings (SSSR count). The van der Waals surface area contributed by atoms with Gasteiger partial charge in [-0.05, 0) is 67.6 Å². The third-order valence-electron chi connectivity index (χ3n) is 6.19. The van der Waals surface area contributed by atoms with Crippen molar-refractivity contribution in [3.05, 3.63) is 0 Å². The van der Waals surface area contributed by atoms with E-state index in [1.165, 1.54) is 38.6 Å². The summed E-state index contributed by atoms with van der Waals surface area (Å²) in [4.78, 5) is 0. The molecule has 0 saturated heterocycles. The lowest BCUT2D eigenvalue weighted by Crippen LogP contribution is -2.37. The smallest absolute Gasteiger partial charge is 0.0587 e. The van der Waals surface area contributed by atoms with Crippen LogP contribution in [0.2, 0.25) is 0 Å². The van der Waals surface area contributed by atoms with E-state index >= 15 is 0 Å². The second-order valence-corrected chi connectivity index (χ2v) is 7.74. The predicted octanol–water partition coefficient (Wildman–Crippen LogP) is 3.47. The van der Waals surface area contributed by atoms with Crippen LogP contribution >= 0.6 is 0 Å². The standard InChI is InChI=1S/C17H31NO/c1-17(16-5-6-16,12-18-7-8-19-2)11-15-10-13-3-4-14(15)9-13/h13-16,18H,3-12H2,1-2H3. The van der Waals surface area contributed by atoms with Gasteiger partial charge in [0.1, 0.15) is 0 Å². The average Bonchev–Trinajstić information content (AvgIpc) is 3.08. The van der Waals surface area contributed by atoms with Crippen LogP contribution in [-0.4, -0.2) is 26.8 Å². The van der Waals surface area contributed by atoms with Crippen molar-refractivity contribution in [1.29, 1.82) is 0 Å². The molecule has 0 heterocycles. The van der Waals surface area contributed by atoms with Gasteiger partial charge in [0.2, 0.25) is 0 Å². The number of fused-ring (bicyclic) bond motifs is 2. The fraction of sp³-hybridized carbons (Fsp3) is 1.00. The first kappa shape index (κ1) is 13.9. The Hall–Kier alpha value is -0.0800. The van der Waals surface area contributed by atoms with Gasteiger partial charge >= 0.3 is 0 Å². The van der Waals surface area contributed by atoms with Crippen LogP contribution in [0, 0.1) is 29.1 Å². The van der Waals surface area contributed by atoms with E-state index in [4.69, 9.17) is 4.74 Å². The van der Waals surface area contributed by atoms with Gasteiger partial charge in [-0.2, -0.15) is 0 Å². The van der Waals surface area contributed by atoms with Gasteiger partial charge in [0, 0.05) is 20.2 Å². The molecule has 110 valence electrons. The molecule has 2 nitrogen and oxygen atoms in total. The SMILES string of the molecule is COCCNCC(C)(CC1CC2CCC1C2)C1CC1. The van der Waals surface area contributed by atoms with Gasteiger partial charge in [0.25, 0.3) is 0 Å². The summed E-state index contributed by atoms with van der Waals surface area (Å²) in [6, 6.07) is 0. The van der Waals surface area contributed by atoms with E-state index in [0.29, 0.717) is 5.41 Å². The molecule has 3 fully saturated rings. The fourth-order valence-corrected chi connectivity index (χ4v) is 4.94. The van der Waals surface area contributed by atoms with E-state index in [0.717, 1.165) is 36.8 Å². The molecule has 3 saturated carbocycles. The van der Waals surface area contributed by atoms with Crippen LogP contribution in [-0.2, 0) is 4.74 Å². The van der Waals surface area contributed by atoms with E-state index in [9.17, 15) is 0 Å². The summed E-state index contributed by atoms with van der Waals surface area (Å²) in [5.41, 5.74) is 0.558. The Morgan fingerprint density at radius 1 is 1.16 bits per heavy atom. The highest BCUT2D eigenvalue weighted by Gasteiger charge is 2.47. The summed E-state index contributed by atoms with van der Waals surface area (Å²) in [7, 11) is 1.79. The van der Waals surface area contributed by atoms with E-state index in [1.54, 1.807) is 20.0 Å². The third-order valence-corrected chi connectivity index (χ3v) is 6.19. The number of ether oxygens (including phenoxy) is 1. The van der Waals surface area contributed by atoms with Gasteiger partial charge < -0.3 is 10.1 Å². The summed E-state index contributed by atoms with van der Waals surface area (Å²) in [5.74, 6) is 4.23. The minimum absolute atomic E-state index is 0.558. The molecule has 1 N–H and O–H groups in total. The molecule has 2 bridgehead atoms. The lowest BCUT2D eigenvalue weighted by atomic mass is 9.72. The molecular formula is C17H31NO. The molecule has 0 spiro atoms. The largest absolute Gasteiger partial charge is 0.383 e. The maximum absolute atomic E-state index is 5.14. The fourth-order valence-electron chi connectivity index (χ4n) is 4.94. The topological polar surface area (TPSA) is 21.3 Å². The van der Waals surface area contributed by atoms with Crippen LogP contribution in [0.3, 0.4) is 0 Å². The highest BCUT2D eigenvalue weighted by Crippen LogP contribution is 2.56. The van der Waals surface area contributed by atoms with E-state index < -0.39 is 0 Å². The number of rotatable bonds is 8. The molecule has 4 unspecified atom stereocenters. The van der Waals surface area contributed by atoms with Crippen LogP contribution in [0.15, 0.2) is 0 Å². The van der Waals surface area contributed by atoms with Crippen LogP contribution in [0.1, 0.15) is 51.9 Å². The summed E-state index contributed by atoms with van der Waals surface area (Å²) in [5, 5.41) is 3.64. The van der Waals surface area contributed by atoms with Gasteiger partial charge in [-0.15, -0.1) is 0 Å². The third kappa shape index (κ3) is 3.16. The van der Waals surface area contributed by atoms with Gasteiger partial charge in [0.05, 0.1) is 6.61 Å². The molecule has 3 aliphatic rings. The highest BCUT2D eigenvalue weighted by molar-refractivity contribution is 4.98. The summed E-state index contributed by atoms with van der Waals surface area (Å²) < 4.78 is 5.14. The van der Waals surface area contributed by atoms with Gasteiger partial charge in [-0.1, -0.05) is 13.3 Å². The second-order valence-electron chi connectivity index (χ2n) is 7.74. The highest BCUT2D eigenvalue weighted by atomic mass is 16.5. The zero-order chi connectivity index (χ0) is 13.3. The Morgan fingerprint density at radius 2 is 2.00 bits per heavy atom. The van der Waals surface area contributed by atoms with E-state index in [-0.39, 0.29) is 0 Å². The summed E-state index contributed by atoms with van der Waals surface area (Å²) in [6.07, 6.45) is 10.6. The van der Waals surface area contributed by atoms with Crippen LogP contribution < -0.4 is 5.32 Å². The Morgan fingerprint density at radius 3 is 2.58 bits per heavy atom. The van der Waals surface area contributed by atoms with Gasteiger partial charge in [-0.25, -0.2) is 0 Å². The molecule has 0 aromatic rings. The minimum atomic E-state index is 0.558. The molecular weight excluding hydrogens is 234 g/mol. The molecule has 0 aliphatic heterocycles. The molecule has 3 aliphatic carbocycles. The molecule has 0 amide bonds. The maximum atomic E-state index is 5.14. The van der Waals surface area contributed by atoms with E-state index in [1.807, 2.05) is 0 Å². The molecule has 0 aromatic carbocycles. The Bertz CT molecular complexity index is 302. The normalized spacial score (nSPS) is 36.6. The van der Waals surface area contributed by atoms with Crippen molar-refractivity contribution in [2.45, 2.75) is 51.9 Å². The van der Waals surface area contributed by atoms with Crippen LogP contribution in [0.5, 0.6) is 0 Å². The van der Waals surface area contributed by atoms with Crippen LogP contribution in [0.4, 0.5) is 0 Å². The van der Waals surface area contributed by atoms with Crippen molar-refractivity contribution in [3.63, 3.8) is 0 Å². The Kier molecular flexibility index (Phi) is 4.19. The van der Waals surface area contributed by atoms with E-state index in [2.05, 4.69) is 12.2 Å². The lowest BCUT2D eigenvalue weighted by molar-refractivity contribution is 0.149. The molecule has 0 radical (unpaired) electrons. The Labute approximate surface area is 118 Å². The van der Waals surface area contributed by atoms with Crippen molar-refractivity contribution in [2.75, 3.05) is 26.8 Å². The first-order valence-corrected chi connectivity index (χ1v) is 8.41. The maximum Gasteiger partial charge on any atom is 0.0587 e. The van der Waals surface area contributed by atoms with Gasteiger partial charge in [0.15, 0.2) is 0 Å². The zero-order valence-corrected chi connectivity index (χ0v) is 12.8. The quantitative estimate of drug-likeness (QED) is 0.679. The molecule has 19 heavy (non-hydrogen) atoms. The first-order valence-electron chi connectivity index (χ1n) is 8.41. The average molecular weight is 265 g/mol. The summed E-state index contributed by atoms with van der Waals surface area (Å²) >= 11 is 0. The number of hydrogen-bond donors (Lipinski definition) is 1. The second kappa shape index (κ2) is 5.73. The number of methoxy groups -OCH3 is 1. The summed E-state index contributed by atoms with van der Waals surface area (Å²) in [6.45, 7) is 5.61.